The average Bonchev–Trinajstić information content (AvgIpc) is 2.13. The van der Waals surface area contributed by atoms with Crippen molar-refractivity contribution in [3.63, 3.8) is 0 Å². The molecule has 9 heteroatoms. The van der Waals surface area contributed by atoms with Crippen LogP contribution in [0.1, 0.15) is 6.92 Å². The van der Waals surface area contributed by atoms with Gasteiger partial charge in [-0.3, -0.25) is 19.3 Å². The molecule has 6 N–H and O–H groups in total. The molecule has 0 saturated carbocycles. The third kappa shape index (κ3) is 7.17. The molecule has 1 atom stereocenters. The lowest BCUT2D eigenvalue weighted by Crippen LogP contribution is -2.51. The van der Waals surface area contributed by atoms with Gasteiger partial charge in [0.2, 0.25) is 17.7 Å². The molecule has 0 fully saturated rings. The van der Waals surface area contributed by atoms with E-state index in [-0.39, 0.29) is 19.6 Å². The largest absolute Gasteiger partial charge is 0.480 e. The van der Waals surface area contributed by atoms with Gasteiger partial charge in [-0.15, -0.1) is 0 Å². The van der Waals surface area contributed by atoms with Crippen LogP contribution in [0.3, 0.4) is 0 Å². The molecule has 0 aliphatic carbocycles. The summed E-state index contributed by atoms with van der Waals surface area (Å²) < 4.78 is 0. The van der Waals surface area contributed by atoms with Crippen molar-refractivity contribution >= 4 is 23.7 Å². The number of nitrogens with zero attached hydrogens (tertiary/aromatic N) is 1. The van der Waals surface area contributed by atoms with Crippen molar-refractivity contribution in [3.8, 4) is 0 Å². The molecule has 3 amide bonds. The van der Waals surface area contributed by atoms with Gasteiger partial charge in [-0.05, 0) is 0 Å². The van der Waals surface area contributed by atoms with E-state index in [0.29, 0.717) is 0 Å². The molecule has 0 saturated heterocycles. The van der Waals surface area contributed by atoms with E-state index in [1.165, 1.54) is 0 Å². The summed E-state index contributed by atoms with van der Waals surface area (Å²) >= 11 is 0. The van der Waals surface area contributed by atoms with Gasteiger partial charge >= 0.3 is 5.97 Å². The smallest absolute Gasteiger partial charge is 0.327 e. The van der Waals surface area contributed by atoms with E-state index in [1.807, 2.05) is 0 Å². The Kier molecular flexibility index (Phi) is 6.35. The van der Waals surface area contributed by atoms with Crippen molar-refractivity contribution in [2.45, 2.75) is 13.0 Å². The van der Waals surface area contributed by atoms with E-state index < -0.39 is 29.7 Å². The number of carbonyl (C=O) groups excluding carboxylic acids is 3. The number of carboxylic acid groups (broad SMARTS) is 1. The summed E-state index contributed by atoms with van der Waals surface area (Å²) in [6.45, 7) is 0.252. The highest BCUT2D eigenvalue weighted by Crippen LogP contribution is 1.94. The van der Waals surface area contributed by atoms with Crippen LogP contribution >= 0.6 is 0 Å². The molecule has 0 aliphatic heterocycles. The first-order chi connectivity index (χ1) is 8.22. The second-order valence-corrected chi connectivity index (χ2v) is 3.69. The number of rotatable bonds is 8. The quantitative estimate of drug-likeness (QED) is 0.361. The maximum atomic E-state index is 10.9. The predicted molar refractivity (Wildman–Crippen MR) is 60.1 cm³/mol. The Morgan fingerprint density at radius 2 is 1.61 bits per heavy atom. The first-order valence-corrected chi connectivity index (χ1v) is 5.01. The summed E-state index contributed by atoms with van der Waals surface area (Å²) in [7, 11) is 0. The number of carboxylic acids is 1. The summed E-state index contributed by atoms with van der Waals surface area (Å²) in [6, 6.07) is -1.25. The fourth-order valence-electron chi connectivity index (χ4n) is 1.31. The summed E-state index contributed by atoms with van der Waals surface area (Å²) in [5.74, 6) is -3.30. The molecule has 1 unspecified atom stereocenters. The molecule has 0 radical (unpaired) electrons. The molecule has 0 aromatic rings. The summed E-state index contributed by atoms with van der Waals surface area (Å²) in [4.78, 5) is 44.3. The Morgan fingerprint density at radius 3 is 1.89 bits per heavy atom. The van der Waals surface area contributed by atoms with Gasteiger partial charge in [0.25, 0.3) is 0 Å². The van der Waals surface area contributed by atoms with Gasteiger partial charge in [0.15, 0.2) is 0 Å². The molecule has 0 bridgehead atoms. The van der Waals surface area contributed by atoms with E-state index >= 15 is 0 Å². The zero-order chi connectivity index (χ0) is 14.3. The minimum atomic E-state index is -1.29. The normalized spacial score (nSPS) is 11.9. The van der Waals surface area contributed by atoms with Crippen LogP contribution < -0.4 is 16.8 Å². The highest BCUT2D eigenvalue weighted by Gasteiger charge is 2.23. The molecule has 0 aromatic heterocycles. The Bertz CT molecular complexity index is 341. The molecule has 0 aliphatic rings. The van der Waals surface area contributed by atoms with E-state index in [2.05, 4.69) is 5.32 Å². The van der Waals surface area contributed by atoms with E-state index in [1.54, 1.807) is 0 Å². The predicted octanol–water partition coefficient (Wildman–Crippen LogP) is -3.15. The summed E-state index contributed by atoms with van der Waals surface area (Å²) in [5, 5.41) is 11.0. The lowest BCUT2D eigenvalue weighted by atomic mass is 10.2. The standard InChI is InChI=1S/C9H16N4O5/c1-5(14)12-6(9(17)18)2-13(3-7(10)15)4-8(11)16/h6H,2-4H2,1H3,(H2,10,15)(H2,11,16)(H,12,14)(H,17,18). The number of amides is 3. The van der Waals surface area contributed by atoms with Crippen LogP contribution in [0, 0.1) is 0 Å². The Morgan fingerprint density at radius 1 is 1.17 bits per heavy atom. The lowest BCUT2D eigenvalue weighted by molar-refractivity contribution is -0.142. The average molecular weight is 260 g/mol. The highest BCUT2D eigenvalue weighted by molar-refractivity contribution is 5.83. The van der Waals surface area contributed by atoms with Crippen molar-refractivity contribution in [1.82, 2.24) is 10.2 Å². The van der Waals surface area contributed by atoms with Gasteiger partial charge in [0.1, 0.15) is 6.04 Å². The minimum Gasteiger partial charge on any atom is -0.480 e. The van der Waals surface area contributed by atoms with Crippen molar-refractivity contribution < 1.29 is 24.3 Å². The third-order valence-electron chi connectivity index (χ3n) is 1.88. The Labute approximate surface area is 103 Å². The van der Waals surface area contributed by atoms with Crippen LogP contribution in [0.15, 0.2) is 0 Å². The van der Waals surface area contributed by atoms with Crippen LogP contribution in [0.4, 0.5) is 0 Å². The number of hydrogen-bond donors (Lipinski definition) is 4. The second kappa shape index (κ2) is 7.22. The van der Waals surface area contributed by atoms with Gasteiger partial charge in [-0.1, -0.05) is 0 Å². The van der Waals surface area contributed by atoms with E-state index in [9.17, 15) is 19.2 Å². The fraction of sp³-hybridized carbons (Fsp3) is 0.556. The van der Waals surface area contributed by atoms with Gasteiger partial charge < -0.3 is 21.9 Å². The van der Waals surface area contributed by atoms with Crippen LogP contribution in [-0.4, -0.2) is 59.4 Å². The Balaban J connectivity index is 4.67. The van der Waals surface area contributed by atoms with E-state index in [0.717, 1.165) is 11.8 Å². The number of nitrogens with one attached hydrogen (secondary N) is 1. The van der Waals surface area contributed by atoms with E-state index in [4.69, 9.17) is 16.6 Å². The molecule has 0 rings (SSSR count). The minimum absolute atomic E-state index is 0.249. The molecular formula is C9H16N4O5. The van der Waals surface area contributed by atoms with Crippen LogP contribution in [0.5, 0.6) is 0 Å². The highest BCUT2D eigenvalue weighted by atomic mass is 16.4. The van der Waals surface area contributed by atoms with Crippen molar-refractivity contribution in [2.75, 3.05) is 19.6 Å². The SMILES string of the molecule is CC(=O)NC(CN(CC(N)=O)CC(N)=O)C(=O)O. The first-order valence-electron chi connectivity index (χ1n) is 5.01. The second-order valence-electron chi connectivity index (χ2n) is 3.69. The summed E-state index contributed by atoms with van der Waals surface area (Å²) in [6.07, 6.45) is 0. The molecule has 9 nitrogen and oxygen atoms in total. The maximum absolute atomic E-state index is 10.9. The molecule has 0 spiro atoms. The molecular weight excluding hydrogens is 244 g/mol. The topological polar surface area (TPSA) is 156 Å². The summed E-state index contributed by atoms with van der Waals surface area (Å²) in [5.41, 5.74) is 9.91. The number of aliphatic carboxylic acids is 1. The molecule has 0 heterocycles. The number of hydrogen-bond acceptors (Lipinski definition) is 5. The van der Waals surface area contributed by atoms with Gasteiger partial charge in [0.05, 0.1) is 13.1 Å². The molecule has 18 heavy (non-hydrogen) atoms. The molecule has 102 valence electrons. The maximum Gasteiger partial charge on any atom is 0.327 e. The monoisotopic (exact) mass is 260 g/mol. The van der Waals surface area contributed by atoms with Crippen LogP contribution in [0.25, 0.3) is 0 Å². The Hall–Kier alpha value is -2.16. The fourth-order valence-corrected chi connectivity index (χ4v) is 1.31. The van der Waals surface area contributed by atoms with Crippen LogP contribution in [-0.2, 0) is 19.2 Å². The van der Waals surface area contributed by atoms with Gasteiger partial charge in [-0.2, -0.15) is 0 Å². The number of primary amides is 2. The zero-order valence-electron chi connectivity index (χ0n) is 9.88. The van der Waals surface area contributed by atoms with Crippen molar-refractivity contribution in [1.29, 1.82) is 0 Å². The lowest BCUT2D eigenvalue weighted by Gasteiger charge is -2.23. The van der Waals surface area contributed by atoms with Gasteiger partial charge in [-0.25, -0.2) is 4.79 Å². The van der Waals surface area contributed by atoms with Crippen LogP contribution in [0.2, 0.25) is 0 Å². The third-order valence-corrected chi connectivity index (χ3v) is 1.88. The number of carbonyl (C=O) groups is 4. The first kappa shape index (κ1) is 15.8. The van der Waals surface area contributed by atoms with Crippen molar-refractivity contribution in [3.05, 3.63) is 0 Å². The molecule has 0 aromatic carbocycles. The van der Waals surface area contributed by atoms with Crippen molar-refractivity contribution in [2.24, 2.45) is 11.5 Å². The van der Waals surface area contributed by atoms with Gasteiger partial charge in [0, 0.05) is 13.5 Å². The zero-order valence-corrected chi connectivity index (χ0v) is 9.88. The number of nitrogens with two attached hydrogens (primary N) is 2.